The molecule has 1 aliphatic rings. The molecule has 0 amide bonds. The third kappa shape index (κ3) is 3.94. The second-order valence-electron chi connectivity index (χ2n) is 6.41. The lowest BCUT2D eigenvalue weighted by molar-refractivity contribution is 0.301. The molecule has 0 aromatic heterocycles. The third-order valence-electron chi connectivity index (χ3n) is 4.67. The van der Waals surface area contributed by atoms with E-state index >= 15 is 0 Å². The molecule has 1 saturated heterocycles. The summed E-state index contributed by atoms with van der Waals surface area (Å²) in [5, 5.41) is 7.30. The topological polar surface area (TPSA) is 33.3 Å². The highest BCUT2D eigenvalue weighted by molar-refractivity contribution is 7.80. The van der Waals surface area contributed by atoms with Crippen LogP contribution in [0.1, 0.15) is 40.9 Å². The average Bonchev–Trinajstić information content (AvgIpc) is 2.63. The number of nitrogens with one attached hydrogen (secondary N) is 2. The van der Waals surface area contributed by atoms with Crippen LogP contribution < -0.4 is 15.4 Å². The van der Waals surface area contributed by atoms with Gasteiger partial charge < -0.3 is 10.1 Å². The quantitative estimate of drug-likeness (QED) is 0.567. The summed E-state index contributed by atoms with van der Waals surface area (Å²) in [5.41, 5.74) is 3.64. The molecule has 2 N–H and O–H groups in total. The van der Waals surface area contributed by atoms with Crippen LogP contribution in [0.4, 0.5) is 0 Å². The van der Waals surface area contributed by atoms with Gasteiger partial charge in [0.15, 0.2) is 0 Å². The molecule has 0 saturated carbocycles. The summed E-state index contributed by atoms with van der Waals surface area (Å²) in [6, 6.07) is 17.5. The van der Waals surface area contributed by atoms with E-state index in [-0.39, 0.29) is 5.37 Å². The molecule has 3 unspecified atom stereocenters. The van der Waals surface area contributed by atoms with E-state index < -0.39 is 0 Å². The normalized spacial score (nSPS) is 22.1. The van der Waals surface area contributed by atoms with Gasteiger partial charge in [-0.05, 0) is 44.0 Å². The molecule has 2 aromatic carbocycles. The Morgan fingerprint density at radius 1 is 1.21 bits per heavy atom. The maximum Gasteiger partial charge on any atom is 0.124 e. The Morgan fingerprint density at radius 3 is 2.75 bits per heavy atom. The van der Waals surface area contributed by atoms with Crippen LogP contribution >= 0.6 is 12.6 Å². The molecule has 0 spiro atoms. The van der Waals surface area contributed by atoms with Crippen molar-refractivity contribution < 1.29 is 4.74 Å². The van der Waals surface area contributed by atoms with Crippen molar-refractivity contribution in [2.24, 2.45) is 0 Å². The maximum absolute atomic E-state index is 5.52. The Bertz CT molecular complexity index is 662. The maximum atomic E-state index is 5.52. The largest absolute Gasteiger partial charge is 0.496 e. The summed E-state index contributed by atoms with van der Waals surface area (Å²) in [6.07, 6.45) is 2.31. The summed E-state index contributed by atoms with van der Waals surface area (Å²) in [6.45, 7) is 3.15. The van der Waals surface area contributed by atoms with Crippen LogP contribution in [0.25, 0.3) is 0 Å². The Balaban J connectivity index is 1.79. The van der Waals surface area contributed by atoms with Crippen LogP contribution in [0.5, 0.6) is 5.75 Å². The summed E-state index contributed by atoms with van der Waals surface area (Å²) < 4.78 is 5.52. The number of thiol groups is 1. The highest BCUT2D eigenvalue weighted by Crippen LogP contribution is 2.32. The predicted molar refractivity (Wildman–Crippen MR) is 103 cm³/mol. The molecule has 128 valence electrons. The smallest absolute Gasteiger partial charge is 0.124 e. The van der Waals surface area contributed by atoms with Gasteiger partial charge in [-0.3, -0.25) is 5.32 Å². The molecule has 1 fully saturated rings. The van der Waals surface area contributed by atoms with E-state index in [0.717, 1.165) is 24.3 Å². The predicted octanol–water partition coefficient (Wildman–Crippen LogP) is 4.01. The molecular weight excluding hydrogens is 316 g/mol. The molecular formula is C20H26N2OS. The Morgan fingerprint density at radius 2 is 2.00 bits per heavy atom. The molecule has 24 heavy (non-hydrogen) atoms. The van der Waals surface area contributed by atoms with Gasteiger partial charge in [-0.1, -0.05) is 42.0 Å². The number of hydrogen-bond donors (Lipinski definition) is 3. The second kappa shape index (κ2) is 8.06. The van der Waals surface area contributed by atoms with E-state index in [1.807, 2.05) is 6.07 Å². The van der Waals surface area contributed by atoms with Gasteiger partial charge in [0.1, 0.15) is 5.75 Å². The first-order chi connectivity index (χ1) is 11.7. The minimum Gasteiger partial charge on any atom is -0.496 e. The van der Waals surface area contributed by atoms with Crippen molar-refractivity contribution in [1.82, 2.24) is 10.6 Å². The van der Waals surface area contributed by atoms with Crippen molar-refractivity contribution >= 4 is 12.6 Å². The number of methoxy groups -OCH3 is 1. The van der Waals surface area contributed by atoms with Crippen molar-refractivity contribution in [2.75, 3.05) is 13.7 Å². The van der Waals surface area contributed by atoms with Crippen LogP contribution in [0.15, 0.2) is 48.5 Å². The van der Waals surface area contributed by atoms with Crippen LogP contribution in [-0.4, -0.2) is 19.7 Å². The van der Waals surface area contributed by atoms with Gasteiger partial charge in [0.2, 0.25) is 0 Å². The number of benzene rings is 2. The van der Waals surface area contributed by atoms with Gasteiger partial charge in [0.05, 0.1) is 12.5 Å². The minimum absolute atomic E-state index is 0.0593. The van der Waals surface area contributed by atoms with Crippen LogP contribution in [0.3, 0.4) is 0 Å². The number of piperidine rings is 1. The monoisotopic (exact) mass is 342 g/mol. The number of aryl methyl sites for hydroxylation is 1. The zero-order valence-corrected chi connectivity index (χ0v) is 15.2. The standard InChI is InChI=1S/C20H26N2OS/c1-14-10-11-18(23-2)16(13-14)20(24)22-17-9-6-12-21-19(17)15-7-4-3-5-8-15/h3-5,7-8,10-11,13,17,19-22,24H,6,9,12H2,1-2H3. The first-order valence-corrected chi connectivity index (χ1v) is 9.07. The van der Waals surface area contributed by atoms with Gasteiger partial charge in [0, 0.05) is 17.6 Å². The molecule has 1 aliphatic heterocycles. The fourth-order valence-corrected chi connectivity index (χ4v) is 3.83. The van der Waals surface area contributed by atoms with Crippen LogP contribution in [0.2, 0.25) is 0 Å². The van der Waals surface area contributed by atoms with Crippen molar-refractivity contribution in [3.63, 3.8) is 0 Å². The second-order valence-corrected chi connectivity index (χ2v) is 6.92. The molecule has 1 heterocycles. The summed E-state index contributed by atoms with van der Waals surface area (Å²) >= 11 is 4.83. The lowest BCUT2D eigenvalue weighted by atomic mass is 9.92. The third-order valence-corrected chi connectivity index (χ3v) is 5.10. The first-order valence-electron chi connectivity index (χ1n) is 8.56. The Labute approximate surface area is 150 Å². The van der Waals surface area contributed by atoms with Gasteiger partial charge >= 0.3 is 0 Å². The average molecular weight is 343 g/mol. The van der Waals surface area contributed by atoms with Crippen LogP contribution in [-0.2, 0) is 0 Å². The van der Waals surface area contributed by atoms with E-state index in [1.54, 1.807) is 7.11 Å². The molecule has 3 nitrogen and oxygen atoms in total. The fraction of sp³-hybridized carbons (Fsp3) is 0.400. The van der Waals surface area contributed by atoms with E-state index in [9.17, 15) is 0 Å². The molecule has 2 aromatic rings. The summed E-state index contributed by atoms with van der Waals surface area (Å²) in [4.78, 5) is 0. The van der Waals surface area contributed by atoms with E-state index in [1.165, 1.54) is 17.5 Å². The van der Waals surface area contributed by atoms with Crippen molar-refractivity contribution in [3.05, 3.63) is 65.2 Å². The number of hydrogen-bond acceptors (Lipinski definition) is 4. The van der Waals surface area contributed by atoms with Gasteiger partial charge in [-0.2, -0.15) is 12.6 Å². The number of ether oxygens (including phenoxy) is 1. The molecule has 3 atom stereocenters. The number of rotatable bonds is 5. The fourth-order valence-electron chi connectivity index (χ4n) is 3.44. The highest BCUT2D eigenvalue weighted by Gasteiger charge is 2.28. The molecule has 0 radical (unpaired) electrons. The van der Waals surface area contributed by atoms with E-state index in [2.05, 4.69) is 60.0 Å². The summed E-state index contributed by atoms with van der Waals surface area (Å²) in [5.74, 6) is 0.883. The lowest BCUT2D eigenvalue weighted by Gasteiger charge is -2.35. The van der Waals surface area contributed by atoms with Crippen molar-refractivity contribution in [1.29, 1.82) is 0 Å². The molecule has 0 aliphatic carbocycles. The Hall–Kier alpha value is -1.49. The minimum atomic E-state index is -0.0593. The van der Waals surface area contributed by atoms with Crippen molar-refractivity contribution in [2.45, 2.75) is 37.2 Å². The summed E-state index contributed by atoms with van der Waals surface area (Å²) in [7, 11) is 1.71. The highest BCUT2D eigenvalue weighted by atomic mass is 32.1. The molecule has 3 rings (SSSR count). The lowest BCUT2D eigenvalue weighted by Crippen LogP contribution is -2.46. The van der Waals surface area contributed by atoms with E-state index in [4.69, 9.17) is 17.4 Å². The zero-order chi connectivity index (χ0) is 16.9. The van der Waals surface area contributed by atoms with Crippen LogP contribution in [0, 0.1) is 6.92 Å². The molecule has 4 heteroatoms. The van der Waals surface area contributed by atoms with E-state index in [0.29, 0.717) is 12.1 Å². The zero-order valence-electron chi connectivity index (χ0n) is 14.3. The SMILES string of the molecule is COc1ccc(C)cc1C(S)NC1CCCNC1c1ccccc1. The first kappa shape index (κ1) is 17.3. The van der Waals surface area contributed by atoms with Gasteiger partial charge in [-0.25, -0.2) is 0 Å². The Kier molecular flexibility index (Phi) is 5.82. The van der Waals surface area contributed by atoms with Gasteiger partial charge in [-0.15, -0.1) is 0 Å². The van der Waals surface area contributed by atoms with Crippen molar-refractivity contribution in [3.8, 4) is 5.75 Å². The molecule has 0 bridgehead atoms. The van der Waals surface area contributed by atoms with Gasteiger partial charge in [0.25, 0.3) is 0 Å².